The molecule has 0 rings (SSSR count). The first kappa shape index (κ1) is 17.3. The minimum Gasteiger partial charge on any atom is -0.481 e. The van der Waals surface area contributed by atoms with Crippen LogP contribution in [0.5, 0.6) is 0 Å². The lowest BCUT2D eigenvalue weighted by molar-refractivity contribution is -0.149. The van der Waals surface area contributed by atoms with Crippen LogP contribution in [0.25, 0.3) is 0 Å². The summed E-state index contributed by atoms with van der Waals surface area (Å²) in [4.78, 5) is 39.3. The Hall–Kier alpha value is -2.12. The predicted molar refractivity (Wildman–Crippen MR) is 53.4 cm³/mol. The van der Waals surface area contributed by atoms with Crippen LogP contribution in [-0.2, 0) is 23.9 Å². The minimum atomic E-state index is -1.17. The quantitative estimate of drug-likeness (QED) is 0.441. The monoisotopic (exact) mass is 250 g/mol. The van der Waals surface area contributed by atoms with E-state index in [4.69, 9.17) is 15.3 Å². The summed E-state index contributed by atoms with van der Waals surface area (Å²) in [7, 11) is 1.14. The molecule has 8 nitrogen and oxygen atoms in total. The summed E-state index contributed by atoms with van der Waals surface area (Å²) in [6, 6.07) is 0. The number of carboxylic acids is 3. The van der Waals surface area contributed by atoms with Crippen LogP contribution in [0.3, 0.4) is 0 Å². The van der Waals surface area contributed by atoms with Crippen LogP contribution in [-0.4, -0.2) is 46.3 Å². The molecule has 0 aromatic carbocycles. The first-order valence-corrected chi connectivity index (χ1v) is 4.51. The van der Waals surface area contributed by atoms with Crippen LogP contribution in [0.15, 0.2) is 0 Å². The maximum Gasteiger partial charge on any atom is 0.316 e. The average Bonchev–Trinajstić information content (AvgIpc) is 2.16. The van der Waals surface area contributed by atoms with Gasteiger partial charge in [0.25, 0.3) is 0 Å². The van der Waals surface area contributed by atoms with Gasteiger partial charge in [0.2, 0.25) is 0 Å². The van der Waals surface area contributed by atoms with E-state index in [2.05, 4.69) is 4.74 Å². The molecular weight excluding hydrogens is 236 g/mol. The van der Waals surface area contributed by atoms with Gasteiger partial charge in [0.05, 0.1) is 7.11 Å². The fourth-order valence-electron chi connectivity index (χ4n) is 0.586. The van der Waals surface area contributed by atoms with Crippen LogP contribution in [0, 0.1) is 0 Å². The number of carbonyl (C=O) groups excluding carboxylic acids is 1. The Morgan fingerprint density at radius 3 is 1.47 bits per heavy atom. The van der Waals surface area contributed by atoms with E-state index < -0.39 is 30.3 Å². The van der Waals surface area contributed by atoms with Crippen molar-refractivity contribution in [3.05, 3.63) is 0 Å². The zero-order valence-corrected chi connectivity index (χ0v) is 9.21. The third kappa shape index (κ3) is 20.1. The van der Waals surface area contributed by atoms with Gasteiger partial charge in [0.15, 0.2) is 0 Å². The lowest BCUT2D eigenvalue weighted by Crippen LogP contribution is -2.07. The fraction of sp³-hybridized carbons (Fsp3) is 0.556. The number of carboxylic acid groups (broad SMARTS) is 3. The van der Waals surface area contributed by atoms with Crippen molar-refractivity contribution in [1.82, 2.24) is 0 Å². The third-order valence-corrected chi connectivity index (χ3v) is 1.30. The van der Waals surface area contributed by atoms with E-state index in [0.29, 0.717) is 0 Å². The molecular formula is C9H14O8. The highest BCUT2D eigenvalue weighted by Crippen LogP contribution is 1.93. The lowest BCUT2D eigenvalue weighted by Gasteiger charge is -1.90. The van der Waals surface area contributed by atoms with E-state index in [1.54, 1.807) is 0 Å². The summed E-state index contributed by atoms with van der Waals surface area (Å²) in [5.74, 6) is -3.79. The van der Waals surface area contributed by atoms with Crippen molar-refractivity contribution in [1.29, 1.82) is 0 Å². The molecule has 3 N–H and O–H groups in total. The smallest absolute Gasteiger partial charge is 0.316 e. The molecule has 0 aromatic rings. The molecule has 0 fully saturated rings. The SMILES string of the molecule is COC(=O)CC(=O)O.O=C(O)CCCC(=O)O. The number of esters is 1. The fourth-order valence-corrected chi connectivity index (χ4v) is 0.586. The maximum atomic E-state index is 10.0. The summed E-state index contributed by atoms with van der Waals surface area (Å²) in [5, 5.41) is 24.0. The molecule has 0 atom stereocenters. The Balaban J connectivity index is 0. The molecule has 0 bridgehead atoms. The molecule has 0 aliphatic rings. The molecule has 0 spiro atoms. The zero-order chi connectivity index (χ0) is 13.8. The highest BCUT2D eigenvalue weighted by Gasteiger charge is 2.04. The number of methoxy groups -OCH3 is 1. The van der Waals surface area contributed by atoms with Gasteiger partial charge < -0.3 is 20.1 Å². The van der Waals surface area contributed by atoms with Gasteiger partial charge in [-0.3, -0.25) is 19.2 Å². The van der Waals surface area contributed by atoms with Crippen molar-refractivity contribution < 1.29 is 39.2 Å². The molecule has 0 aliphatic heterocycles. The van der Waals surface area contributed by atoms with E-state index >= 15 is 0 Å². The number of ether oxygens (including phenoxy) is 1. The summed E-state index contributed by atoms with van der Waals surface area (Å²) in [6.07, 6.45) is -0.472. The first-order valence-electron chi connectivity index (χ1n) is 4.51. The number of aliphatic carboxylic acids is 3. The van der Waals surface area contributed by atoms with Gasteiger partial charge in [-0.15, -0.1) is 0 Å². The summed E-state index contributed by atoms with van der Waals surface area (Å²) in [5.41, 5.74) is 0. The third-order valence-electron chi connectivity index (χ3n) is 1.30. The summed E-state index contributed by atoms with van der Waals surface area (Å²) in [6.45, 7) is 0. The molecule has 8 heteroatoms. The van der Waals surface area contributed by atoms with E-state index in [1.807, 2.05) is 0 Å². The van der Waals surface area contributed by atoms with Gasteiger partial charge in [-0.05, 0) is 6.42 Å². The van der Waals surface area contributed by atoms with Crippen LogP contribution in [0.4, 0.5) is 0 Å². The van der Waals surface area contributed by atoms with Gasteiger partial charge >= 0.3 is 23.9 Å². The number of carbonyl (C=O) groups is 4. The maximum absolute atomic E-state index is 10.0. The Kier molecular flexibility index (Phi) is 10.6. The van der Waals surface area contributed by atoms with Crippen molar-refractivity contribution in [2.45, 2.75) is 25.7 Å². The zero-order valence-electron chi connectivity index (χ0n) is 9.21. The second kappa shape index (κ2) is 10.4. The van der Waals surface area contributed by atoms with Gasteiger partial charge in [-0.2, -0.15) is 0 Å². The Bertz CT molecular complexity index is 269. The molecule has 0 unspecified atom stereocenters. The number of hydrogen-bond donors (Lipinski definition) is 3. The van der Waals surface area contributed by atoms with Gasteiger partial charge in [0.1, 0.15) is 6.42 Å². The van der Waals surface area contributed by atoms with E-state index in [1.165, 1.54) is 0 Å². The molecule has 0 saturated heterocycles. The summed E-state index contributed by atoms with van der Waals surface area (Å²) < 4.78 is 4.04. The second-order valence-corrected chi connectivity index (χ2v) is 2.79. The lowest BCUT2D eigenvalue weighted by atomic mass is 10.2. The topological polar surface area (TPSA) is 138 Å². The molecule has 0 heterocycles. The van der Waals surface area contributed by atoms with Crippen LogP contribution < -0.4 is 0 Å². The normalized spacial score (nSPS) is 8.53. The predicted octanol–water partition coefficient (Wildman–Crippen LogP) is -0.0400. The van der Waals surface area contributed by atoms with Crippen molar-refractivity contribution in [2.24, 2.45) is 0 Å². The molecule has 0 amide bonds. The van der Waals surface area contributed by atoms with Gasteiger partial charge in [-0.1, -0.05) is 0 Å². The number of hydrogen-bond acceptors (Lipinski definition) is 5. The molecule has 0 radical (unpaired) electrons. The average molecular weight is 250 g/mol. The van der Waals surface area contributed by atoms with E-state index in [-0.39, 0.29) is 19.3 Å². The molecule has 0 saturated carbocycles. The minimum absolute atomic E-state index is 0.0632. The highest BCUT2D eigenvalue weighted by atomic mass is 16.5. The Labute approximate surface area is 96.8 Å². The Morgan fingerprint density at radius 1 is 0.882 bits per heavy atom. The standard InChI is InChI=1S/C5H8O4.C4H6O4/c6-4(7)2-1-3-5(8)9;1-8-4(7)2-3(5)6/h1-3H2,(H,6,7)(H,8,9);2H2,1H3,(H,5,6). The van der Waals surface area contributed by atoms with Crippen LogP contribution in [0.2, 0.25) is 0 Å². The molecule has 98 valence electrons. The van der Waals surface area contributed by atoms with Gasteiger partial charge in [-0.25, -0.2) is 0 Å². The first-order chi connectivity index (χ1) is 7.79. The van der Waals surface area contributed by atoms with Crippen molar-refractivity contribution in [3.8, 4) is 0 Å². The van der Waals surface area contributed by atoms with Crippen molar-refractivity contribution in [3.63, 3.8) is 0 Å². The van der Waals surface area contributed by atoms with E-state index in [0.717, 1.165) is 7.11 Å². The largest absolute Gasteiger partial charge is 0.481 e. The molecule has 0 aromatic heterocycles. The van der Waals surface area contributed by atoms with Crippen molar-refractivity contribution >= 4 is 23.9 Å². The van der Waals surface area contributed by atoms with E-state index in [9.17, 15) is 19.2 Å². The van der Waals surface area contributed by atoms with Crippen molar-refractivity contribution in [2.75, 3.05) is 7.11 Å². The number of rotatable bonds is 6. The molecule has 17 heavy (non-hydrogen) atoms. The van der Waals surface area contributed by atoms with Crippen LogP contribution >= 0.6 is 0 Å². The molecule has 0 aliphatic carbocycles. The highest BCUT2D eigenvalue weighted by molar-refractivity contribution is 5.89. The van der Waals surface area contributed by atoms with Crippen LogP contribution in [0.1, 0.15) is 25.7 Å². The summed E-state index contributed by atoms with van der Waals surface area (Å²) >= 11 is 0. The Morgan fingerprint density at radius 2 is 1.29 bits per heavy atom. The second-order valence-electron chi connectivity index (χ2n) is 2.79. The van der Waals surface area contributed by atoms with Gasteiger partial charge in [0, 0.05) is 12.8 Å².